The van der Waals surface area contributed by atoms with Crippen molar-refractivity contribution in [3.63, 3.8) is 0 Å². The van der Waals surface area contributed by atoms with E-state index in [4.69, 9.17) is 4.74 Å². The third kappa shape index (κ3) is 6.04. The van der Waals surface area contributed by atoms with Crippen LogP contribution >= 0.6 is 11.3 Å². The maximum Gasteiger partial charge on any atom is 0.230 e. The number of aromatic nitrogens is 1. The molecule has 3 aromatic rings. The summed E-state index contributed by atoms with van der Waals surface area (Å²) >= 11 is 1.44. The molecule has 1 amide bonds. The van der Waals surface area contributed by atoms with E-state index in [-0.39, 0.29) is 24.8 Å². The van der Waals surface area contributed by atoms with Crippen molar-refractivity contribution in [2.45, 2.75) is 32.8 Å². The Morgan fingerprint density at radius 1 is 1.16 bits per heavy atom. The Morgan fingerprint density at radius 3 is 2.58 bits per heavy atom. The van der Waals surface area contributed by atoms with Crippen LogP contribution in [0.25, 0.3) is 0 Å². The second kappa shape index (κ2) is 9.92. The van der Waals surface area contributed by atoms with E-state index >= 15 is 0 Å². The number of amides is 1. The largest absolute Gasteiger partial charge is 0.486 e. The molecule has 2 aromatic carbocycles. The normalized spacial score (nSPS) is 14.5. The van der Waals surface area contributed by atoms with Crippen molar-refractivity contribution in [3.8, 4) is 5.75 Å². The number of carbonyl (C=O) groups excluding carboxylic acids is 1. The van der Waals surface area contributed by atoms with Gasteiger partial charge in [0.05, 0.1) is 12.1 Å². The number of halogens is 1. The van der Waals surface area contributed by atoms with Gasteiger partial charge < -0.3 is 15.0 Å². The molecule has 0 spiro atoms. The highest BCUT2D eigenvalue weighted by Crippen LogP contribution is 2.24. The molecule has 1 N–H and O–H groups in total. The first-order chi connectivity index (χ1) is 15.0. The molecule has 0 saturated carbocycles. The first-order valence-electron chi connectivity index (χ1n) is 10.5. The van der Waals surface area contributed by atoms with Crippen LogP contribution < -0.4 is 15.0 Å². The highest BCUT2D eigenvalue weighted by Gasteiger charge is 2.16. The van der Waals surface area contributed by atoms with E-state index in [9.17, 15) is 9.18 Å². The summed E-state index contributed by atoms with van der Waals surface area (Å²) in [6, 6.07) is 13.9. The number of thiazole rings is 1. The van der Waals surface area contributed by atoms with E-state index in [2.05, 4.69) is 34.3 Å². The number of carbonyl (C=O) groups is 1. The predicted octanol–water partition coefficient (Wildman–Crippen LogP) is 5.28. The van der Waals surface area contributed by atoms with E-state index in [0.717, 1.165) is 29.7 Å². The molecule has 1 aliphatic rings. The zero-order valence-corrected chi connectivity index (χ0v) is 18.3. The van der Waals surface area contributed by atoms with Crippen molar-refractivity contribution >= 4 is 28.6 Å². The van der Waals surface area contributed by atoms with Crippen LogP contribution in [0.5, 0.6) is 5.75 Å². The van der Waals surface area contributed by atoms with Gasteiger partial charge in [-0.05, 0) is 67.3 Å². The molecule has 0 bridgehead atoms. The van der Waals surface area contributed by atoms with Crippen LogP contribution in [-0.4, -0.2) is 24.0 Å². The van der Waals surface area contributed by atoms with Crippen LogP contribution in [0.4, 0.5) is 15.8 Å². The second-order valence-corrected chi connectivity index (χ2v) is 8.86. The number of piperidine rings is 1. The lowest BCUT2D eigenvalue weighted by Gasteiger charge is -2.32. The summed E-state index contributed by atoms with van der Waals surface area (Å²) in [7, 11) is 0. The van der Waals surface area contributed by atoms with Crippen LogP contribution in [0.3, 0.4) is 0 Å². The molecule has 0 aliphatic carbocycles. The first kappa shape index (κ1) is 21.3. The van der Waals surface area contributed by atoms with Gasteiger partial charge in [-0.2, -0.15) is 0 Å². The second-order valence-electron chi connectivity index (χ2n) is 7.92. The zero-order chi connectivity index (χ0) is 21.6. The standard InChI is InChI=1S/C24H26FN3O2S/c1-17-10-12-28(13-11-17)21-6-4-19(5-7-21)26-23(29)14-20-16-31-24(27-20)15-30-22-8-2-18(25)3-9-22/h2-9,16-17H,10-15H2,1H3,(H,26,29). The smallest absolute Gasteiger partial charge is 0.230 e. The summed E-state index contributed by atoms with van der Waals surface area (Å²) < 4.78 is 18.5. The molecule has 31 heavy (non-hydrogen) atoms. The third-order valence-electron chi connectivity index (χ3n) is 5.42. The van der Waals surface area contributed by atoms with Crippen molar-refractivity contribution in [3.05, 3.63) is 70.4 Å². The molecule has 4 rings (SSSR count). The van der Waals surface area contributed by atoms with Gasteiger partial charge in [0.1, 0.15) is 23.2 Å². The number of rotatable bonds is 7. The lowest BCUT2D eigenvalue weighted by Crippen LogP contribution is -2.32. The Labute approximate surface area is 185 Å². The molecule has 2 heterocycles. The molecule has 1 fully saturated rings. The molecular weight excluding hydrogens is 413 g/mol. The first-order valence-corrected chi connectivity index (χ1v) is 11.4. The minimum absolute atomic E-state index is 0.101. The predicted molar refractivity (Wildman–Crippen MR) is 122 cm³/mol. The molecule has 1 saturated heterocycles. The van der Waals surface area contributed by atoms with E-state index in [1.165, 1.54) is 42.0 Å². The number of nitrogens with zero attached hydrogens (tertiary/aromatic N) is 2. The van der Waals surface area contributed by atoms with Crippen molar-refractivity contribution in [2.24, 2.45) is 5.92 Å². The van der Waals surface area contributed by atoms with E-state index in [1.54, 1.807) is 12.1 Å². The summed E-state index contributed by atoms with van der Waals surface area (Å²) in [5.74, 6) is 0.982. The fourth-order valence-corrected chi connectivity index (χ4v) is 4.27. The van der Waals surface area contributed by atoms with Gasteiger partial charge in [-0.15, -0.1) is 11.3 Å². The summed E-state index contributed by atoms with van der Waals surface area (Å²) in [4.78, 5) is 19.3. The van der Waals surface area contributed by atoms with Crippen molar-refractivity contribution in [1.82, 2.24) is 4.98 Å². The van der Waals surface area contributed by atoms with Gasteiger partial charge in [0, 0.05) is 29.8 Å². The van der Waals surface area contributed by atoms with Crippen LogP contribution in [-0.2, 0) is 17.8 Å². The highest BCUT2D eigenvalue weighted by molar-refractivity contribution is 7.09. The number of nitrogens with one attached hydrogen (secondary N) is 1. The average molecular weight is 440 g/mol. The molecule has 1 aromatic heterocycles. The van der Waals surface area contributed by atoms with E-state index in [1.807, 2.05) is 17.5 Å². The van der Waals surface area contributed by atoms with E-state index in [0.29, 0.717) is 11.4 Å². The number of hydrogen-bond donors (Lipinski definition) is 1. The molecule has 162 valence electrons. The maximum absolute atomic E-state index is 12.9. The van der Waals surface area contributed by atoms with Crippen LogP contribution in [0, 0.1) is 11.7 Å². The summed E-state index contributed by atoms with van der Waals surface area (Å²) in [6.45, 7) is 4.77. The molecule has 0 atom stereocenters. The SMILES string of the molecule is CC1CCN(c2ccc(NC(=O)Cc3csc(COc4ccc(F)cc4)n3)cc2)CC1. The number of benzene rings is 2. The Bertz CT molecular complexity index is 996. The lowest BCUT2D eigenvalue weighted by molar-refractivity contribution is -0.115. The Morgan fingerprint density at radius 2 is 1.87 bits per heavy atom. The maximum atomic E-state index is 12.9. The summed E-state index contributed by atoms with van der Waals surface area (Å²) in [5, 5.41) is 5.58. The monoisotopic (exact) mass is 439 g/mol. The van der Waals surface area contributed by atoms with E-state index < -0.39 is 0 Å². The van der Waals surface area contributed by atoms with Crippen LogP contribution in [0.15, 0.2) is 53.9 Å². The van der Waals surface area contributed by atoms with Gasteiger partial charge in [0.25, 0.3) is 0 Å². The highest BCUT2D eigenvalue weighted by atomic mass is 32.1. The number of anilines is 2. The topological polar surface area (TPSA) is 54.5 Å². The van der Waals surface area contributed by atoms with Gasteiger partial charge in [-0.1, -0.05) is 6.92 Å². The van der Waals surface area contributed by atoms with Gasteiger partial charge in [-0.25, -0.2) is 9.37 Å². The van der Waals surface area contributed by atoms with Gasteiger partial charge in [0.2, 0.25) is 5.91 Å². The summed E-state index contributed by atoms with van der Waals surface area (Å²) in [6.07, 6.45) is 2.66. The quantitative estimate of drug-likeness (QED) is 0.544. The fourth-order valence-electron chi connectivity index (χ4n) is 3.56. The Hall–Kier alpha value is -2.93. The Balaban J connectivity index is 1.25. The lowest BCUT2D eigenvalue weighted by atomic mass is 9.99. The zero-order valence-electron chi connectivity index (χ0n) is 17.5. The van der Waals surface area contributed by atoms with Gasteiger partial charge >= 0.3 is 0 Å². The fraction of sp³-hybridized carbons (Fsp3) is 0.333. The Kier molecular flexibility index (Phi) is 6.82. The van der Waals surface area contributed by atoms with Crippen LogP contribution in [0.1, 0.15) is 30.5 Å². The van der Waals surface area contributed by atoms with Crippen molar-refractivity contribution < 1.29 is 13.9 Å². The number of hydrogen-bond acceptors (Lipinski definition) is 5. The molecule has 0 radical (unpaired) electrons. The molecular formula is C24H26FN3O2S. The minimum atomic E-state index is -0.300. The molecule has 1 aliphatic heterocycles. The number of ether oxygens (including phenoxy) is 1. The molecule has 0 unspecified atom stereocenters. The van der Waals surface area contributed by atoms with Gasteiger partial charge in [0.15, 0.2) is 0 Å². The van der Waals surface area contributed by atoms with Gasteiger partial charge in [-0.3, -0.25) is 4.79 Å². The van der Waals surface area contributed by atoms with Crippen molar-refractivity contribution in [1.29, 1.82) is 0 Å². The molecule has 5 nitrogen and oxygen atoms in total. The van der Waals surface area contributed by atoms with Crippen LogP contribution in [0.2, 0.25) is 0 Å². The molecule has 7 heteroatoms. The third-order valence-corrected chi connectivity index (χ3v) is 6.29. The minimum Gasteiger partial charge on any atom is -0.486 e. The average Bonchev–Trinajstić information content (AvgIpc) is 3.21. The summed E-state index contributed by atoms with van der Waals surface area (Å²) in [5.41, 5.74) is 2.70. The van der Waals surface area contributed by atoms with Crippen molar-refractivity contribution in [2.75, 3.05) is 23.3 Å².